The van der Waals surface area contributed by atoms with Crippen LogP contribution >= 0.6 is 0 Å². The van der Waals surface area contributed by atoms with Crippen molar-refractivity contribution >= 4 is 17.4 Å². The molecule has 0 aliphatic carbocycles. The molecule has 0 saturated carbocycles. The van der Waals surface area contributed by atoms with Gasteiger partial charge in [0.15, 0.2) is 0 Å². The minimum atomic E-state index is -0.509. The number of carbonyl (C=O) groups excluding carboxylic acids is 1. The van der Waals surface area contributed by atoms with E-state index in [0.717, 1.165) is 12.8 Å². The zero-order valence-electron chi connectivity index (χ0n) is 11.4. The number of ether oxygens (including phenoxy) is 1. The molecular formula is C14H18N2O4. The second kappa shape index (κ2) is 7.93. The van der Waals surface area contributed by atoms with Crippen molar-refractivity contribution < 1.29 is 14.5 Å². The van der Waals surface area contributed by atoms with Crippen molar-refractivity contribution in [2.75, 3.05) is 13.2 Å². The Morgan fingerprint density at radius 1 is 1.50 bits per heavy atom. The summed E-state index contributed by atoms with van der Waals surface area (Å²) in [4.78, 5) is 21.6. The van der Waals surface area contributed by atoms with E-state index in [4.69, 9.17) is 4.74 Å². The first kappa shape index (κ1) is 15.7. The Labute approximate surface area is 117 Å². The second-order valence-electron chi connectivity index (χ2n) is 4.25. The molecular weight excluding hydrogens is 260 g/mol. The number of non-ortho nitro benzene ring substituents is 1. The van der Waals surface area contributed by atoms with Crippen molar-refractivity contribution in [2.24, 2.45) is 0 Å². The van der Waals surface area contributed by atoms with Crippen LogP contribution in [0.4, 0.5) is 10.5 Å². The lowest BCUT2D eigenvalue weighted by atomic mass is 10.1. The molecule has 20 heavy (non-hydrogen) atoms. The average molecular weight is 278 g/mol. The second-order valence-corrected chi connectivity index (χ2v) is 4.25. The topological polar surface area (TPSA) is 81.5 Å². The van der Waals surface area contributed by atoms with E-state index in [9.17, 15) is 14.9 Å². The SMILES string of the molecule is C=C(CNC(=O)OCCCC)c1cccc([N+](=O)[O-])c1. The molecule has 1 N–H and O–H groups in total. The van der Waals surface area contributed by atoms with Crippen LogP contribution in [0.2, 0.25) is 0 Å². The van der Waals surface area contributed by atoms with Crippen LogP contribution < -0.4 is 5.32 Å². The standard InChI is InChI=1S/C14H18N2O4/c1-3-4-8-20-14(17)15-10-11(2)12-6-5-7-13(9-12)16(18)19/h5-7,9H,2-4,8,10H2,1H3,(H,15,17). The quantitative estimate of drug-likeness (QED) is 0.472. The average Bonchev–Trinajstić information content (AvgIpc) is 2.45. The summed E-state index contributed by atoms with van der Waals surface area (Å²) in [7, 11) is 0. The highest BCUT2D eigenvalue weighted by atomic mass is 16.6. The maximum absolute atomic E-state index is 11.3. The molecule has 0 aliphatic rings. The van der Waals surface area contributed by atoms with Crippen LogP contribution in [0.1, 0.15) is 25.3 Å². The molecule has 0 saturated heterocycles. The normalized spacial score (nSPS) is 9.85. The Bertz CT molecular complexity index is 500. The van der Waals surface area contributed by atoms with Crippen LogP contribution in [0.5, 0.6) is 0 Å². The zero-order chi connectivity index (χ0) is 15.0. The fourth-order valence-electron chi connectivity index (χ4n) is 1.48. The number of hydrogen-bond acceptors (Lipinski definition) is 4. The van der Waals surface area contributed by atoms with Crippen LogP contribution in [-0.4, -0.2) is 24.2 Å². The highest BCUT2D eigenvalue weighted by Gasteiger charge is 2.09. The summed E-state index contributed by atoms with van der Waals surface area (Å²) in [6.07, 6.45) is 1.26. The van der Waals surface area contributed by atoms with Crippen molar-refractivity contribution in [2.45, 2.75) is 19.8 Å². The first-order valence-electron chi connectivity index (χ1n) is 6.37. The lowest BCUT2D eigenvalue weighted by molar-refractivity contribution is -0.384. The van der Waals surface area contributed by atoms with Crippen LogP contribution in [-0.2, 0) is 4.74 Å². The number of nitrogens with zero attached hydrogens (tertiary/aromatic N) is 1. The minimum Gasteiger partial charge on any atom is -0.450 e. The Morgan fingerprint density at radius 2 is 2.25 bits per heavy atom. The number of alkyl carbamates (subject to hydrolysis) is 1. The smallest absolute Gasteiger partial charge is 0.407 e. The number of unbranched alkanes of at least 4 members (excludes halogenated alkanes) is 1. The van der Waals surface area contributed by atoms with Gasteiger partial charge in [-0.1, -0.05) is 32.1 Å². The molecule has 0 bridgehead atoms. The van der Waals surface area contributed by atoms with Gasteiger partial charge in [0.25, 0.3) is 5.69 Å². The molecule has 1 rings (SSSR count). The van der Waals surface area contributed by atoms with Crippen molar-refractivity contribution in [1.82, 2.24) is 5.32 Å². The van der Waals surface area contributed by atoms with Crippen LogP contribution in [0.3, 0.4) is 0 Å². The van der Waals surface area contributed by atoms with Gasteiger partial charge in [0.2, 0.25) is 0 Å². The molecule has 6 nitrogen and oxygen atoms in total. The molecule has 0 aliphatic heterocycles. The summed E-state index contributed by atoms with van der Waals surface area (Å²) < 4.78 is 4.93. The van der Waals surface area contributed by atoms with Crippen molar-refractivity contribution in [3.63, 3.8) is 0 Å². The predicted molar refractivity (Wildman–Crippen MR) is 76.4 cm³/mol. The van der Waals surface area contributed by atoms with E-state index in [2.05, 4.69) is 11.9 Å². The van der Waals surface area contributed by atoms with Gasteiger partial charge in [-0.15, -0.1) is 0 Å². The predicted octanol–water partition coefficient (Wildman–Crippen LogP) is 3.13. The molecule has 0 heterocycles. The monoisotopic (exact) mass is 278 g/mol. The molecule has 0 radical (unpaired) electrons. The molecule has 6 heteroatoms. The summed E-state index contributed by atoms with van der Waals surface area (Å²) in [5, 5.41) is 13.2. The molecule has 0 fully saturated rings. The Balaban J connectivity index is 2.48. The van der Waals surface area contributed by atoms with E-state index in [1.807, 2.05) is 6.92 Å². The number of nitro groups is 1. The first-order chi connectivity index (χ1) is 9.54. The number of hydrogen-bond donors (Lipinski definition) is 1. The van der Waals surface area contributed by atoms with Gasteiger partial charge in [0, 0.05) is 18.7 Å². The van der Waals surface area contributed by atoms with Crippen molar-refractivity contribution in [1.29, 1.82) is 0 Å². The van der Waals surface area contributed by atoms with E-state index >= 15 is 0 Å². The highest BCUT2D eigenvalue weighted by molar-refractivity contribution is 5.73. The molecule has 1 aromatic rings. The van der Waals surface area contributed by atoms with Crippen molar-refractivity contribution in [3.05, 3.63) is 46.5 Å². The van der Waals surface area contributed by atoms with E-state index in [-0.39, 0.29) is 12.2 Å². The number of carbonyl (C=O) groups is 1. The van der Waals surface area contributed by atoms with Gasteiger partial charge in [0.05, 0.1) is 11.5 Å². The lowest BCUT2D eigenvalue weighted by Crippen LogP contribution is -2.26. The fraction of sp³-hybridized carbons (Fsp3) is 0.357. The summed E-state index contributed by atoms with van der Waals surface area (Å²) in [5.41, 5.74) is 1.20. The van der Waals surface area contributed by atoms with Gasteiger partial charge in [-0.2, -0.15) is 0 Å². The van der Waals surface area contributed by atoms with E-state index < -0.39 is 11.0 Å². The number of rotatable bonds is 7. The Kier molecular flexibility index (Phi) is 6.22. The van der Waals surface area contributed by atoms with Gasteiger partial charge >= 0.3 is 6.09 Å². The molecule has 1 aromatic carbocycles. The van der Waals surface area contributed by atoms with Gasteiger partial charge < -0.3 is 10.1 Å². The highest BCUT2D eigenvalue weighted by Crippen LogP contribution is 2.18. The molecule has 1 amide bonds. The number of nitro benzene ring substituents is 1. The van der Waals surface area contributed by atoms with Gasteiger partial charge in [-0.05, 0) is 17.6 Å². The summed E-state index contributed by atoms with van der Waals surface area (Å²) in [6, 6.07) is 6.12. The maximum Gasteiger partial charge on any atom is 0.407 e. The van der Waals surface area contributed by atoms with Crippen LogP contribution in [0.25, 0.3) is 5.57 Å². The largest absolute Gasteiger partial charge is 0.450 e. The van der Waals surface area contributed by atoms with Gasteiger partial charge in [-0.3, -0.25) is 10.1 Å². The van der Waals surface area contributed by atoms with E-state index in [0.29, 0.717) is 17.7 Å². The Hall–Kier alpha value is -2.37. The molecule has 108 valence electrons. The third kappa shape index (κ3) is 5.09. The maximum atomic E-state index is 11.3. The minimum absolute atomic E-state index is 0.00540. The number of benzene rings is 1. The molecule has 0 aromatic heterocycles. The molecule has 0 atom stereocenters. The number of amides is 1. The van der Waals surface area contributed by atoms with Gasteiger partial charge in [0.1, 0.15) is 0 Å². The summed E-state index contributed by atoms with van der Waals surface area (Å²) >= 11 is 0. The lowest BCUT2D eigenvalue weighted by Gasteiger charge is -2.08. The molecule has 0 spiro atoms. The zero-order valence-corrected chi connectivity index (χ0v) is 11.4. The van der Waals surface area contributed by atoms with Crippen molar-refractivity contribution in [3.8, 4) is 0 Å². The summed E-state index contributed by atoms with van der Waals surface area (Å²) in [6.45, 7) is 6.37. The Morgan fingerprint density at radius 3 is 2.90 bits per heavy atom. The van der Waals surface area contributed by atoms with E-state index in [1.165, 1.54) is 12.1 Å². The van der Waals surface area contributed by atoms with Crippen LogP contribution in [0, 0.1) is 10.1 Å². The fourth-order valence-corrected chi connectivity index (χ4v) is 1.48. The first-order valence-corrected chi connectivity index (χ1v) is 6.37. The van der Waals surface area contributed by atoms with E-state index in [1.54, 1.807) is 12.1 Å². The third-order valence-electron chi connectivity index (χ3n) is 2.64. The van der Waals surface area contributed by atoms with Crippen LogP contribution in [0.15, 0.2) is 30.8 Å². The summed E-state index contributed by atoms with van der Waals surface area (Å²) in [5.74, 6) is 0. The van der Waals surface area contributed by atoms with Gasteiger partial charge in [-0.25, -0.2) is 4.79 Å². The molecule has 0 unspecified atom stereocenters. The third-order valence-corrected chi connectivity index (χ3v) is 2.64. The number of nitrogens with one attached hydrogen (secondary N) is 1.